The molecule has 0 aliphatic heterocycles. The lowest BCUT2D eigenvalue weighted by Crippen LogP contribution is -2.04. The van der Waals surface area contributed by atoms with E-state index in [1.54, 1.807) is 30.1 Å². The van der Waals surface area contributed by atoms with Crippen molar-refractivity contribution in [3.8, 4) is 17.0 Å². The largest absolute Gasteiger partial charge is 0.496 e. The number of benzene rings is 1. The van der Waals surface area contributed by atoms with Crippen LogP contribution in [-0.2, 0) is 6.54 Å². The van der Waals surface area contributed by atoms with Gasteiger partial charge in [0.1, 0.15) is 5.75 Å². The van der Waals surface area contributed by atoms with E-state index < -0.39 is 5.97 Å². The number of aromatic carboxylic acids is 1. The Kier molecular flexibility index (Phi) is 3.79. The number of ether oxygens (including phenoxy) is 1. The van der Waals surface area contributed by atoms with Crippen molar-refractivity contribution in [1.82, 2.24) is 15.0 Å². The van der Waals surface area contributed by atoms with Crippen LogP contribution in [0.15, 0.2) is 24.4 Å². The molecule has 0 aliphatic rings. The van der Waals surface area contributed by atoms with Crippen LogP contribution in [0.3, 0.4) is 0 Å². The number of carboxylic acid groups (broad SMARTS) is 1. The summed E-state index contributed by atoms with van der Waals surface area (Å²) in [5, 5.41) is 16.9. The summed E-state index contributed by atoms with van der Waals surface area (Å²) in [5.41, 5.74) is 1.64. The number of carboxylic acids is 1. The summed E-state index contributed by atoms with van der Waals surface area (Å²) in [6.45, 7) is 2.76. The summed E-state index contributed by atoms with van der Waals surface area (Å²) in [6, 6.07) is 4.73. The lowest BCUT2D eigenvalue weighted by atomic mass is 10.1. The molecular weight excluding hydrogens is 246 g/mol. The van der Waals surface area contributed by atoms with E-state index in [9.17, 15) is 4.79 Å². The third-order valence-corrected chi connectivity index (χ3v) is 2.78. The smallest absolute Gasteiger partial charge is 0.335 e. The number of methoxy groups -OCH3 is 1. The molecule has 0 unspecified atom stereocenters. The summed E-state index contributed by atoms with van der Waals surface area (Å²) in [5.74, 6) is -0.372. The van der Waals surface area contributed by atoms with Crippen molar-refractivity contribution in [3.05, 3.63) is 30.0 Å². The number of rotatable bonds is 5. The molecule has 0 atom stereocenters. The Morgan fingerprint density at radius 3 is 2.89 bits per heavy atom. The number of aryl methyl sites for hydroxylation is 1. The zero-order chi connectivity index (χ0) is 13.8. The van der Waals surface area contributed by atoms with E-state index in [1.807, 2.05) is 6.92 Å². The predicted molar refractivity (Wildman–Crippen MR) is 69.3 cm³/mol. The monoisotopic (exact) mass is 261 g/mol. The molecule has 19 heavy (non-hydrogen) atoms. The zero-order valence-corrected chi connectivity index (χ0v) is 10.8. The van der Waals surface area contributed by atoms with Crippen molar-refractivity contribution >= 4 is 5.97 Å². The van der Waals surface area contributed by atoms with Gasteiger partial charge in [-0.3, -0.25) is 0 Å². The minimum atomic E-state index is -0.974. The van der Waals surface area contributed by atoms with Gasteiger partial charge in [-0.05, 0) is 24.6 Å². The summed E-state index contributed by atoms with van der Waals surface area (Å²) >= 11 is 0. The van der Waals surface area contributed by atoms with E-state index >= 15 is 0 Å². The Morgan fingerprint density at radius 1 is 1.47 bits per heavy atom. The molecule has 0 aliphatic carbocycles. The fourth-order valence-corrected chi connectivity index (χ4v) is 1.88. The van der Waals surface area contributed by atoms with Gasteiger partial charge < -0.3 is 9.84 Å². The van der Waals surface area contributed by atoms with Gasteiger partial charge in [-0.25, -0.2) is 9.48 Å². The normalized spacial score (nSPS) is 10.4. The lowest BCUT2D eigenvalue weighted by molar-refractivity contribution is 0.0697. The minimum absolute atomic E-state index is 0.208. The standard InChI is InChI=1S/C13H15N3O3/c1-3-6-16-11(8-14-15-16)10-7-9(13(17)18)4-5-12(10)19-2/h4-5,7-8H,3,6H2,1-2H3,(H,17,18). The highest BCUT2D eigenvalue weighted by Gasteiger charge is 2.14. The fourth-order valence-electron chi connectivity index (χ4n) is 1.88. The van der Waals surface area contributed by atoms with Crippen LogP contribution in [0.2, 0.25) is 0 Å². The van der Waals surface area contributed by atoms with Crippen LogP contribution >= 0.6 is 0 Å². The zero-order valence-electron chi connectivity index (χ0n) is 10.8. The van der Waals surface area contributed by atoms with Crippen LogP contribution in [0, 0.1) is 0 Å². The highest BCUT2D eigenvalue weighted by atomic mass is 16.5. The summed E-state index contributed by atoms with van der Waals surface area (Å²) < 4.78 is 7.01. The number of carbonyl (C=O) groups is 1. The van der Waals surface area contributed by atoms with E-state index in [4.69, 9.17) is 9.84 Å². The molecule has 6 nitrogen and oxygen atoms in total. The Morgan fingerprint density at radius 2 is 2.26 bits per heavy atom. The average molecular weight is 261 g/mol. The first kappa shape index (κ1) is 13.1. The van der Waals surface area contributed by atoms with Gasteiger partial charge in [-0.2, -0.15) is 0 Å². The molecule has 0 fully saturated rings. The van der Waals surface area contributed by atoms with Gasteiger partial charge in [0, 0.05) is 12.1 Å². The predicted octanol–water partition coefficient (Wildman–Crippen LogP) is 2.06. The number of nitrogens with zero attached hydrogens (tertiary/aromatic N) is 3. The summed E-state index contributed by atoms with van der Waals surface area (Å²) in [7, 11) is 1.55. The first-order valence-corrected chi connectivity index (χ1v) is 5.97. The van der Waals surface area contributed by atoms with Crippen LogP contribution < -0.4 is 4.74 Å². The van der Waals surface area contributed by atoms with Crippen molar-refractivity contribution in [1.29, 1.82) is 0 Å². The Hall–Kier alpha value is -2.37. The van der Waals surface area contributed by atoms with Crippen LogP contribution in [0.1, 0.15) is 23.7 Å². The molecular formula is C13H15N3O3. The van der Waals surface area contributed by atoms with Crippen LogP contribution in [-0.4, -0.2) is 33.2 Å². The van der Waals surface area contributed by atoms with Gasteiger partial charge in [0.2, 0.25) is 0 Å². The molecule has 0 bridgehead atoms. The Balaban J connectivity index is 2.55. The molecule has 1 aromatic carbocycles. The van der Waals surface area contributed by atoms with E-state index in [2.05, 4.69) is 10.3 Å². The second-order valence-electron chi connectivity index (χ2n) is 4.06. The Bertz CT molecular complexity index is 593. The van der Waals surface area contributed by atoms with Crippen LogP contribution in [0.4, 0.5) is 0 Å². The molecule has 0 saturated carbocycles. The number of hydrogen-bond donors (Lipinski definition) is 1. The second kappa shape index (κ2) is 5.51. The minimum Gasteiger partial charge on any atom is -0.496 e. The number of hydrogen-bond acceptors (Lipinski definition) is 4. The third-order valence-electron chi connectivity index (χ3n) is 2.78. The quantitative estimate of drug-likeness (QED) is 0.891. The van der Waals surface area contributed by atoms with Gasteiger partial charge >= 0.3 is 5.97 Å². The molecule has 0 radical (unpaired) electrons. The molecule has 1 N–H and O–H groups in total. The summed E-state index contributed by atoms with van der Waals surface area (Å²) in [4.78, 5) is 11.1. The third kappa shape index (κ3) is 2.57. The van der Waals surface area contributed by atoms with Crippen molar-refractivity contribution < 1.29 is 14.6 Å². The first-order valence-electron chi connectivity index (χ1n) is 5.97. The SMILES string of the molecule is CCCn1nncc1-c1cc(C(=O)O)ccc1OC. The lowest BCUT2D eigenvalue weighted by Gasteiger charge is -2.10. The van der Waals surface area contributed by atoms with Gasteiger partial charge in [0.25, 0.3) is 0 Å². The van der Waals surface area contributed by atoms with Gasteiger partial charge in [0.05, 0.1) is 24.6 Å². The van der Waals surface area contributed by atoms with Crippen LogP contribution in [0.25, 0.3) is 11.3 Å². The molecule has 0 spiro atoms. The number of aromatic nitrogens is 3. The van der Waals surface area contributed by atoms with Crippen molar-refractivity contribution in [2.45, 2.75) is 19.9 Å². The maximum absolute atomic E-state index is 11.1. The molecule has 1 heterocycles. The average Bonchev–Trinajstić information content (AvgIpc) is 2.86. The van der Waals surface area contributed by atoms with E-state index in [0.29, 0.717) is 11.3 Å². The fraction of sp³-hybridized carbons (Fsp3) is 0.308. The highest BCUT2D eigenvalue weighted by Crippen LogP contribution is 2.30. The van der Waals surface area contributed by atoms with Crippen molar-refractivity contribution in [2.24, 2.45) is 0 Å². The molecule has 6 heteroatoms. The van der Waals surface area contributed by atoms with E-state index in [1.165, 1.54) is 6.07 Å². The van der Waals surface area contributed by atoms with Gasteiger partial charge in [0.15, 0.2) is 0 Å². The molecule has 2 rings (SSSR count). The summed E-state index contributed by atoms with van der Waals surface area (Å²) in [6.07, 6.45) is 2.52. The highest BCUT2D eigenvalue weighted by molar-refractivity contribution is 5.90. The van der Waals surface area contributed by atoms with Crippen molar-refractivity contribution in [2.75, 3.05) is 7.11 Å². The van der Waals surface area contributed by atoms with E-state index in [0.717, 1.165) is 18.7 Å². The first-order chi connectivity index (χ1) is 9.17. The Labute approximate surface area is 110 Å². The van der Waals surface area contributed by atoms with Gasteiger partial charge in [-0.15, -0.1) is 5.10 Å². The molecule has 0 amide bonds. The second-order valence-corrected chi connectivity index (χ2v) is 4.06. The van der Waals surface area contributed by atoms with Gasteiger partial charge in [-0.1, -0.05) is 12.1 Å². The molecule has 2 aromatic rings. The maximum atomic E-state index is 11.1. The topological polar surface area (TPSA) is 77.2 Å². The van der Waals surface area contributed by atoms with E-state index in [-0.39, 0.29) is 5.56 Å². The molecule has 100 valence electrons. The molecule has 0 saturated heterocycles. The van der Waals surface area contributed by atoms with Crippen molar-refractivity contribution in [3.63, 3.8) is 0 Å². The van der Waals surface area contributed by atoms with Crippen LogP contribution in [0.5, 0.6) is 5.75 Å². The maximum Gasteiger partial charge on any atom is 0.335 e. The molecule has 1 aromatic heterocycles.